The maximum absolute atomic E-state index is 10.8. The first kappa shape index (κ1) is 16.9. The van der Waals surface area contributed by atoms with E-state index in [4.69, 9.17) is 9.84 Å². The Morgan fingerprint density at radius 1 is 1.17 bits per heavy atom. The molecule has 5 nitrogen and oxygen atoms in total. The number of carboxylic acids is 1. The van der Waals surface area contributed by atoms with Gasteiger partial charge in [-0.1, -0.05) is 39.0 Å². The summed E-state index contributed by atoms with van der Waals surface area (Å²) in [7, 11) is 0. The molecule has 0 aromatic heterocycles. The lowest BCUT2D eigenvalue weighted by Gasteiger charge is -2.13. The molecule has 0 aliphatic rings. The Balaban J connectivity index is 3.49. The summed E-state index contributed by atoms with van der Waals surface area (Å²) < 4.78 is 5.27. The zero-order valence-electron chi connectivity index (χ0n) is 11.4. The van der Waals surface area contributed by atoms with Crippen LogP contribution in [0, 0.1) is 0 Å². The Morgan fingerprint density at radius 3 is 2.33 bits per heavy atom. The SMILES string of the molecule is CCCCCCCCOCC(NC(C)=O)C(=O)O. The largest absolute Gasteiger partial charge is 0.480 e. The van der Waals surface area contributed by atoms with Gasteiger partial charge >= 0.3 is 5.97 Å². The number of nitrogens with one attached hydrogen (secondary N) is 1. The van der Waals surface area contributed by atoms with Gasteiger partial charge in [-0.2, -0.15) is 0 Å². The third kappa shape index (κ3) is 10.1. The monoisotopic (exact) mass is 259 g/mol. The zero-order chi connectivity index (χ0) is 13.8. The highest BCUT2D eigenvalue weighted by Crippen LogP contribution is 2.04. The fraction of sp³-hybridized carbons (Fsp3) is 0.846. The number of aliphatic carboxylic acids is 1. The third-order valence-electron chi connectivity index (χ3n) is 2.60. The van der Waals surface area contributed by atoms with Crippen LogP contribution >= 0.6 is 0 Å². The minimum Gasteiger partial charge on any atom is -0.480 e. The van der Waals surface area contributed by atoms with E-state index in [9.17, 15) is 9.59 Å². The molecule has 0 rings (SSSR count). The first-order chi connectivity index (χ1) is 8.57. The van der Waals surface area contributed by atoms with Crippen LogP contribution in [-0.4, -0.2) is 36.2 Å². The van der Waals surface area contributed by atoms with Gasteiger partial charge in [-0.25, -0.2) is 4.79 Å². The molecule has 0 aromatic carbocycles. The Labute approximate surface area is 109 Å². The average Bonchev–Trinajstić information content (AvgIpc) is 2.30. The molecule has 0 fully saturated rings. The molecule has 0 spiro atoms. The van der Waals surface area contributed by atoms with E-state index >= 15 is 0 Å². The number of carbonyl (C=O) groups is 2. The number of rotatable bonds is 11. The predicted molar refractivity (Wildman–Crippen MR) is 69.4 cm³/mol. The number of unbranched alkanes of at least 4 members (excludes halogenated alkanes) is 5. The molecule has 0 heterocycles. The van der Waals surface area contributed by atoms with Crippen molar-refractivity contribution in [3.63, 3.8) is 0 Å². The van der Waals surface area contributed by atoms with Crippen LogP contribution < -0.4 is 5.32 Å². The van der Waals surface area contributed by atoms with Crippen LogP contribution in [-0.2, 0) is 14.3 Å². The average molecular weight is 259 g/mol. The summed E-state index contributed by atoms with van der Waals surface area (Å²) in [6.45, 7) is 4.06. The van der Waals surface area contributed by atoms with E-state index in [1.54, 1.807) is 0 Å². The molecule has 1 unspecified atom stereocenters. The summed E-state index contributed by atoms with van der Waals surface area (Å²) in [5.74, 6) is -1.42. The number of carbonyl (C=O) groups excluding carboxylic acids is 1. The molecular formula is C13H25NO4. The van der Waals surface area contributed by atoms with Crippen molar-refractivity contribution < 1.29 is 19.4 Å². The molecule has 2 N–H and O–H groups in total. The van der Waals surface area contributed by atoms with Crippen LogP contribution in [0.2, 0.25) is 0 Å². The van der Waals surface area contributed by atoms with E-state index in [0.29, 0.717) is 6.61 Å². The number of hydrogen-bond donors (Lipinski definition) is 2. The lowest BCUT2D eigenvalue weighted by atomic mass is 10.1. The van der Waals surface area contributed by atoms with Crippen molar-refractivity contribution >= 4 is 11.9 Å². The van der Waals surface area contributed by atoms with Crippen LogP contribution in [0.5, 0.6) is 0 Å². The minimum atomic E-state index is -1.06. The molecular weight excluding hydrogens is 234 g/mol. The number of hydrogen-bond acceptors (Lipinski definition) is 3. The second kappa shape index (κ2) is 11.0. The molecule has 0 aromatic rings. The third-order valence-corrected chi connectivity index (χ3v) is 2.60. The van der Waals surface area contributed by atoms with Crippen LogP contribution in [0.3, 0.4) is 0 Å². The minimum absolute atomic E-state index is 0.0316. The Kier molecular flexibility index (Phi) is 10.3. The second-order valence-corrected chi connectivity index (χ2v) is 4.43. The summed E-state index contributed by atoms with van der Waals surface area (Å²) >= 11 is 0. The van der Waals surface area contributed by atoms with Crippen molar-refractivity contribution in [1.82, 2.24) is 5.32 Å². The van der Waals surface area contributed by atoms with Gasteiger partial charge in [0.15, 0.2) is 6.04 Å². The molecule has 0 aliphatic heterocycles. The Hall–Kier alpha value is -1.10. The fourth-order valence-corrected chi connectivity index (χ4v) is 1.61. The molecule has 106 valence electrons. The lowest BCUT2D eigenvalue weighted by molar-refractivity contribution is -0.143. The smallest absolute Gasteiger partial charge is 0.328 e. The maximum Gasteiger partial charge on any atom is 0.328 e. The second-order valence-electron chi connectivity index (χ2n) is 4.43. The van der Waals surface area contributed by atoms with E-state index in [1.165, 1.54) is 32.6 Å². The Morgan fingerprint density at radius 2 is 1.78 bits per heavy atom. The zero-order valence-corrected chi connectivity index (χ0v) is 11.4. The van der Waals surface area contributed by atoms with E-state index in [-0.39, 0.29) is 12.5 Å². The van der Waals surface area contributed by atoms with Crippen LogP contribution in [0.4, 0.5) is 0 Å². The van der Waals surface area contributed by atoms with Crippen molar-refractivity contribution in [3.05, 3.63) is 0 Å². The molecule has 0 saturated heterocycles. The number of carboxylic acid groups (broad SMARTS) is 1. The first-order valence-electron chi connectivity index (χ1n) is 6.65. The molecule has 5 heteroatoms. The standard InChI is InChI=1S/C13H25NO4/c1-3-4-5-6-7-8-9-18-10-12(13(16)17)14-11(2)15/h12H,3-10H2,1-2H3,(H,14,15)(H,16,17). The lowest BCUT2D eigenvalue weighted by Crippen LogP contribution is -2.43. The van der Waals surface area contributed by atoms with Crippen molar-refractivity contribution in [2.75, 3.05) is 13.2 Å². The topological polar surface area (TPSA) is 75.6 Å². The summed E-state index contributed by atoms with van der Waals surface area (Å²) in [4.78, 5) is 21.5. The summed E-state index contributed by atoms with van der Waals surface area (Å²) in [6, 6.07) is -0.942. The van der Waals surface area contributed by atoms with Gasteiger partial charge in [0.05, 0.1) is 6.61 Å². The van der Waals surface area contributed by atoms with Gasteiger partial charge in [-0.15, -0.1) is 0 Å². The molecule has 1 amide bonds. The predicted octanol–water partition coefficient (Wildman–Crippen LogP) is 1.95. The van der Waals surface area contributed by atoms with Crippen molar-refractivity contribution in [3.8, 4) is 0 Å². The number of amides is 1. The normalized spacial score (nSPS) is 12.1. The molecule has 18 heavy (non-hydrogen) atoms. The van der Waals surface area contributed by atoms with Gasteiger partial charge in [0.2, 0.25) is 5.91 Å². The Bertz CT molecular complexity index is 243. The van der Waals surface area contributed by atoms with Gasteiger partial charge in [0.1, 0.15) is 0 Å². The van der Waals surface area contributed by atoms with Gasteiger partial charge in [0, 0.05) is 13.5 Å². The molecule has 0 radical (unpaired) electrons. The van der Waals surface area contributed by atoms with Gasteiger partial charge in [0.25, 0.3) is 0 Å². The summed E-state index contributed by atoms with van der Waals surface area (Å²) in [5.41, 5.74) is 0. The summed E-state index contributed by atoms with van der Waals surface area (Å²) in [6.07, 6.45) is 7.00. The van der Waals surface area contributed by atoms with Crippen LogP contribution in [0.1, 0.15) is 52.4 Å². The van der Waals surface area contributed by atoms with Crippen molar-refractivity contribution in [1.29, 1.82) is 0 Å². The van der Waals surface area contributed by atoms with Crippen molar-refractivity contribution in [2.45, 2.75) is 58.4 Å². The molecule has 0 saturated carbocycles. The van der Waals surface area contributed by atoms with Gasteiger partial charge in [-0.3, -0.25) is 4.79 Å². The quantitative estimate of drug-likeness (QED) is 0.556. The van der Waals surface area contributed by atoms with Crippen LogP contribution in [0.15, 0.2) is 0 Å². The number of ether oxygens (including phenoxy) is 1. The van der Waals surface area contributed by atoms with E-state index < -0.39 is 12.0 Å². The fourth-order valence-electron chi connectivity index (χ4n) is 1.61. The van der Waals surface area contributed by atoms with E-state index in [0.717, 1.165) is 12.8 Å². The molecule has 0 aliphatic carbocycles. The highest BCUT2D eigenvalue weighted by Gasteiger charge is 2.17. The molecule has 0 bridgehead atoms. The van der Waals surface area contributed by atoms with Crippen molar-refractivity contribution in [2.24, 2.45) is 0 Å². The van der Waals surface area contributed by atoms with Gasteiger partial charge in [-0.05, 0) is 6.42 Å². The van der Waals surface area contributed by atoms with Crippen LogP contribution in [0.25, 0.3) is 0 Å². The maximum atomic E-state index is 10.8. The summed E-state index contributed by atoms with van der Waals surface area (Å²) in [5, 5.41) is 11.2. The highest BCUT2D eigenvalue weighted by atomic mass is 16.5. The first-order valence-corrected chi connectivity index (χ1v) is 6.65. The van der Waals surface area contributed by atoms with Gasteiger partial charge < -0.3 is 15.2 Å². The van der Waals surface area contributed by atoms with E-state index in [2.05, 4.69) is 12.2 Å². The highest BCUT2D eigenvalue weighted by molar-refractivity contribution is 5.82. The van der Waals surface area contributed by atoms with E-state index in [1.807, 2.05) is 0 Å². The molecule has 1 atom stereocenters.